The number of amides is 1. The van der Waals surface area contributed by atoms with E-state index in [0.717, 1.165) is 18.6 Å². The number of anilines is 2. The van der Waals surface area contributed by atoms with Crippen LogP contribution in [0.5, 0.6) is 0 Å². The number of alkyl halides is 3. The minimum Gasteiger partial charge on any atom is -0.357 e. The lowest BCUT2D eigenvalue weighted by molar-refractivity contribution is -0.137. The van der Waals surface area contributed by atoms with Gasteiger partial charge in [-0.05, 0) is 42.4 Å². The third-order valence-electron chi connectivity index (χ3n) is 6.06. The second kappa shape index (κ2) is 9.76. The van der Waals surface area contributed by atoms with Crippen molar-refractivity contribution in [3.63, 3.8) is 0 Å². The maximum atomic E-state index is 15.8. The third kappa shape index (κ3) is 5.59. The Hall–Kier alpha value is -2.91. The first kappa shape index (κ1) is 25.7. The molecule has 2 aromatic rings. The highest BCUT2D eigenvalue weighted by Gasteiger charge is 2.35. The number of nitrogens with one attached hydrogen (secondary N) is 1. The van der Waals surface area contributed by atoms with E-state index in [1.54, 1.807) is 11.9 Å². The molecule has 34 heavy (non-hydrogen) atoms. The van der Waals surface area contributed by atoms with Crippen molar-refractivity contribution in [1.82, 2.24) is 15.3 Å². The summed E-state index contributed by atoms with van der Waals surface area (Å²) in [7, 11) is 3.16. The van der Waals surface area contributed by atoms with E-state index in [1.807, 2.05) is 20.8 Å². The van der Waals surface area contributed by atoms with Crippen LogP contribution >= 0.6 is 0 Å². The van der Waals surface area contributed by atoms with E-state index in [0.29, 0.717) is 24.9 Å². The Balaban J connectivity index is 1.93. The average Bonchev–Trinajstić information content (AvgIpc) is 3.25. The zero-order valence-corrected chi connectivity index (χ0v) is 20.1. The number of halogens is 4. The van der Waals surface area contributed by atoms with Gasteiger partial charge in [-0.1, -0.05) is 32.9 Å². The van der Waals surface area contributed by atoms with Gasteiger partial charge in [-0.25, -0.2) is 9.97 Å². The van der Waals surface area contributed by atoms with Crippen LogP contribution in [0.3, 0.4) is 0 Å². The molecule has 1 amide bonds. The van der Waals surface area contributed by atoms with Crippen LogP contribution in [-0.2, 0) is 11.0 Å². The fourth-order valence-corrected chi connectivity index (χ4v) is 4.36. The molecule has 186 valence electrons. The van der Waals surface area contributed by atoms with Crippen LogP contribution in [0, 0.1) is 11.2 Å². The summed E-state index contributed by atoms with van der Waals surface area (Å²) < 4.78 is 54.6. The molecule has 0 spiro atoms. The summed E-state index contributed by atoms with van der Waals surface area (Å²) in [5.41, 5.74) is -0.258. The van der Waals surface area contributed by atoms with Crippen LogP contribution in [0.15, 0.2) is 30.6 Å². The Labute approximate surface area is 197 Å². The Morgan fingerprint density at radius 2 is 1.85 bits per heavy atom. The van der Waals surface area contributed by atoms with Crippen molar-refractivity contribution in [1.29, 1.82) is 0 Å². The molecule has 1 fully saturated rings. The molecule has 1 aliphatic heterocycles. The van der Waals surface area contributed by atoms with Crippen molar-refractivity contribution in [2.24, 2.45) is 5.41 Å². The van der Waals surface area contributed by atoms with Crippen molar-refractivity contribution < 1.29 is 22.4 Å². The van der Waals surface area contributed by atoms with Crippen LogP contribution < -0.4 is 15.1 Å². The quantitative estimate of drug-likeness (QED) is 0.591. The molecule has 0 saturated carbocycles. The number of nitrogens with zero attached hydrogens (tertiary/aromatic N) is 4. The molecule has 10 heteroatoms. The lowest BCUT2D eigenvalue weighted by Crippen LogP contribution is -2.47. The fraction of sp³-hybridized carbons (Fsp3) is 0.542. The normalized spacial score (nSPS) is 17.6. The largest absolute Gasteiger partial charge is 0.416 e. The summed E-state index contributed by atoms with van der Waals surface area (Å²) in [4.78, 5) is 24.2. The molecule has 1 aromatic heterocycles. The first-order valence-corrected chi connectivity index (χ1v) is 11.2. The smallest absolute Gasteiger partial charge is 0.357 e. The molecule has 1 N–H and O–H groups in total. The minimum atomic E-state index is -4.42. The van der Waals surface area contributed by atoms with E-state index in [-0.39, 0.29) is 29.0 Å². The van der Waals surface area contributed by atoms with E-state index < -0.39 is 23.6 Å². The van der Waals surface area contributed by atoms with Crippen LogP contribution in [0.4, 0.5) is 29.2 Å². The highest BCUT2D eigenvalue weighted by atomic mass is 19.4. The summed E-state index contributed by atoms with van der Waals surface area (Å²) in [6.07, 6.45) is -1.29. The van der Waals surface area contributed by atoms with Gasteiger partial charge in [-0.15, -0.1) is 0 Å². The predicted molar refractivity (Wildman–Crippen MR) is 123 cm³/mol. The van der Waals surface area contributed by atoms with Gasteiger partial charge in [-0.2, -0.15) is 17.6 Å². The van der Waals surface area contributed by atoms with Crippen molar-refractivity contribution in [2.75, 3.05) is 30.4 Å². The minimum absolute atomic E-state index is 0.000851. The molecule has 6 nitrogen and oxygen atoms in total. The van der Waals surface area contributed by atoms with Crippen molar-refractivity contribution >= 4 is 17.5 Å². The van der Waals surface area contributed by atoms with Crippen molar-refractivity contribution in [2.45, 2.75) is 58.3 Å². The van der Waals surface area contributed by atoms with Crippen LogP contribution in [0.2, 0.25) is 0 Å². The van der Waals surface area contributed by atoms with E-state index in [4.69, 9.17) is 0 Å². The van der Waals surface area contributed by atoms with Crippen molar-refractivity contribution in [3.05, 3.63) is 47.5 Å². The molecule has 2 heterocycles. The van der Waals surface area contributed by atoms with Gasteiger partial charge in [0.1, 0.15) is 12.4 Å². The maximum absolute atomic E-state index is 15.8. The lowest BCUT2D eigenvalue weighted by Gasteiger charge is -2.33. The Kier molecular flexibility index (Phi) is 7.38. The molecule has 0 aliphatic carbocycles. The van der Waals surface area contributed by atoms with Gasteiger partial charge in [-0.3, -0.25) is 4.79 Å². The third-order valence-corrected chi connectivity index (χ3v) is 6.06. The number of carbonyl (C=O) groups is 1. The van der Waals surface area contributed by atoms with E-state index >= 15 is 4.39 Å². The standard InChI is InChI=1S/C24H31F4N5O/c1-23(2,3)13-18(22(34)29-4)32(5)20-19(25)21(31-14-30-20)33-12-6-7-17(33)15-8-10-16(11-9-15)24(26,27)28/h8-11,14,17-18H,6-7,12-13H2,1-5H3,(H,29,34). The molecular weight excluding hydrogens is 450 g/mol. The lowest BCUT2D eigenvalue weighted by atomic mass is 9.87. The summed E-state index contributed by atoms with van der Waals surface area (Å²) in [6, 6.07) is 4.00. The Morgan fingerprint density at radius 1 is 1.21 bits per heavy atom. The zero-order chi connectivity index (χ0) is 25.3. The molecule has 2 unspecified atom stereocenters. The Bertz CT molecular complexity index is 1000. The van der Waals surface area contributed by atoms with E-state index in [9.17, 15) is 18.0 Å². The van der Waals surface area contributed by atoms with Gasteiger partial charge in [0.2, 0.25) is 11.7 Å². The van der Waals surface area contributed by atoms with Gasteiger partial charge in [0, 0.05) is 20.6 Å². The number of hydrogen-bond donors (Lipinski definition) is 1. The fourth-order valence-electron chi connectivity index (χ4n) is 4.36. The summed E-state index contributed by atoms with van der Waals surface area (Å²) >= 11 is 0. The second-order valence-electron chi connectivity index (χ2n) is 9.81. The second-order valence-corrected chi connectivity index (χ2v) is 9.81. The van der Waals surface area contributed by atoms with Crippen LogP contribution in [-0.4, -0.2) is 42.6 Å². The molecule has 0 bridgehead atoms. The van der Waals surface area contributed by atoms with Gasteiger partial charge < -0.3 is 15.1 Å². The van der Waals surface area contributed by atoms with Gasteiger partial charge >= 0.3 is 6.18 Å². The van der Waals surface area contributed by atoms with E-state index in [1.165, 1.54) is 30.4 Å². The summed E-state index contributed by atoms with van der Waals surface area (Å²) in [6.45, 7) is 6.50. The highest BCUT2D eigenvalue weighted by molar-refractivity contribution is 5.84. The average molecular weight is 482 g/mol. The molecular formula is C24H31F4N5O. The number of aromatic nitrogens is 2. The summed E-state index contributed by atoms with van der Waals surface area (Å²) in [5.74, 6) is -0.834. The van der Waals surface area contributed by atoms with Crippen LogP contribution in [0.25, 0.3) is 0 Å². The molecule has 2 atom stereocenters. The number of likely N-dealkylation sites (N-methyl/N-ethyl adjacent to an activating group) is 2. The first-order valence-electron chi connectivity index (χ1n) is 11.2. The van der Waals surface area contributed by atoms with Gasteiger partial charge in [0.15, 0.2) is 11.6 Å². The number of benzene rings is 1. The predicted octanol–water partition coefficient (Wildman–Crippen LogP) is 4.96. The number of rotatable bonds is 6. The number of hydrogen-bond acceptors (Lipinski definition) is 5. The molecule has 0 radical (unpaired) electrons. The number of carbonyl (C=O) groups excluding carboxylic acids is 1. The topological polar surface area (TPSA) is 61.4 Å². The molecule has 1 aromatic carbocycles. The first-order chi connectivity index (χ1) is 15.8. The molecule has 1 saturated heterocycles. The van der Waals surface area contributed by atoms with Gasteiger partial charge in [0.05, 0.1) is 11.6 Å². The van der Waals surface area contributed by atoms with Crippen LogP contribution in [0.1, 0.15) is 57.2 Å². The monoisotopic (exact) mass is 481 g/mol. The summed E-state index contributed by atoms with van der Waals surface area (Å²) in [5, 5.41) is 2.63. The highest BCUT2D eigenvalue weighted by Crippen LogP contribution is 2.39. The zero-order valence-electron chi connectivity index (χ0n) is 20.1. The Morgan fingerprint density at radius 3 is 2.41 bits per heavy atom. The van der Waals surface area contributed by atoms with Gasteiger partial charge in [0.25, 0.3) is 0 Å². The molecule has 1 aliphatic rings. The maximum Gasteiger partial charge on any atom is 0.416 e. The SMILES string of the molecule is CNC(=O)C(CC(C)(C)C)N(C)c1ncnc(N2CCCC2c2ccc(C(F)(F)F)cc2)c1F. The van der Waals surface area contributed by atoms with E-state index in [2.05, 4.69) is 15.3 Å². The van der Waals surface area contributed by atoms with Crippen molar-refractivity contribution in [3.8, 4) is 0 Å². The molecule has 3 rings (SSSR count).